The maximum absolute atomic E-state index is 11.1. The third kappa shape index (κ3) is 3.31. The smallest absolute Gasteiger partial charge is 0.239 e. The lowest BCUT2D eigenvalue weighted by Crippen LogP contribution is -2.12. The van der Waals surface area contributed by atoms with Gasteiger partial charge in [0.2, 0.25) is 5.91 Å². The summed E-state index contributed by atoms with van der Waals surface area (Å²) in [6, 6.07) is 5.16. The Morgan fingerprint density at radius 2 is 2.19 bits per heavy atom. The third-order valence-corrected chi connectivity index (χ3v) is 2.11. The molecule has 1 aromatic rings. The predicted molar refractivity (Wildman–Crippen MR) is 63.5 cm³/mol. The summed E-state index contributed by atoms with van der Waals surface area (Å²) in [4.78, 5) is 11.1. The van der Waals surface area contributed by atoms with Crippen LogP contribution < -0.4 is 14.8 Å². The highest BCUT2D eigenvalue weighted by Crippen LogP contribution is 2.30. The number of amides is 1. The first-order valence-corrected chi connectivity index (χ1v) is 5.41. The van der Waals surface area contributed by atoms with Gasteiger partial charge < -0.3 is 14.8 Å². The first-order chi connectivity index (χ1) is 7.71. The van der Waals surface area contributed by atoms with Crippen molar-refractivity contribution < 1.29 is 14.3 Å². The number of anilines is 1. The van der Waals surface area contributed by atoms with Crippen LogP contribution in [0, 0.1) is 0 Å². The molecule has 5 heteroatoms. The number of rotatable bonds is 5. The molecule has 0 aliphatic heterocycles. The number of nitrogens with one attached hydrogen (secondary N) is 1. The molecule has 0 aliphatic carbocycles. The molecule has 0 saturated carbocycles. The quantitative estimate of drug-likeness (QED) is 0.807. The number of carbonyl (C=O) groups excluding carboxylic acids is 1. The molecule has 1 rings (SSSR count). The van der Waals surface area contributed by atoms with Crippen molar-refractivity contribution in [3.63, 3.8) is 0 Å². The van der Waals surface area contributed by atoms with E-state index in [9.17, 15) is 4.79 Å². The van der Waals surface area contributed by atoms with Crippen molar-refractivity contribution in [2.45, 2.75) is 6.92 Å². The van der Waals surface area contributed by atoms with Crippen LogP contribution in [0.1, 0.15) is 6.92 Å². The number of hydrogen-bond acceptors (Lipinski definition) is 3. The van der Waals surface area contributed by atoms with Crippen molar-refractivity contribution in [2.24, 2.45) is 0 Å². The second kappa shape index (κ2) is 6.23. The van der Waals surface area contributed by atoms with Crippen LogP contribution in [0.5, 0.6) is 11.5 Å². The normalized spacial score (nSPS) is 9.69. The fourth-order valence-electron chi connectivity index (χ4n) is 1.22. The summed E-state index contributed by atoms with van der Waals surface area (Å²) < 4.78 is 10.5. The summed E-state index contributed by atoms with van der Waals surface area (Å²) >= 11 is 5.39. The zero-order valence-electron chi connectivity index (χ0n) is 9.25. The van der Waals surface area contributed by atoms with E-state index in [2.05, 4.69) is 5.32 Å². The SMILES string of the molecule is CCOc1cc(NC(=O)CCl)ccc1OC. The molecule has 0 radical (unpaired) electrons. The summed E-state index contributed by atoms with van der Waals surface area (Å²) in [5.41, 5.74) is 0.634. The molecule has 0 heterocycles. The predicted octanol–water partition coefficient (Wildman–Crippen LogP) is 2.27. The molecule has 88 valence electrons. The van der Waals surface area contributed by atoms with Crippen LogP contribution in [0.2, 0.25) is 0 Å². The second-order valence-corrected chi connectivity index (χ2v) is 3.25. The van der Waals surface area contributed by atoms with Crippen LogP contribution in [0.25, 0.3) is 0 Å². The van der Waals surface area contributed by atoms with E-state index >= 15 is 0 Å². The van der Waals surface area contributed by atoms with Gasteiger partial charge in [-0.2, -0.15) is 0 Å². The zero-order chi connectivity index (χ0) is 12.0. The fraction of sp³-hybridized carbons (Fsp3) is 0.364. The molecule has 0 saturated heterocycles. The largest absolute Gasteiger partial charge is 0.493 e. The minimum atomic E-state index is -0.255. The summed E-state index contributed by atoms with van der Waals surface area (Å²) in [6.45, 7) is 2.41. The summed E-state index contributed by atoms with van der Waals surface area (Å²) in [5.74, 6) is 0.896. The minimum Gasteiger partial charge on any atom is -0.493 e. The molecule has 1 N–H and O–H groups in total. The van der Waals surface area contributed by atoms with Crippen molar-refractivity contribution in [2.75, 3.05) is 24.9 Å². The molecular formula is C11H14ClNO3. The van der Waals surface area contributed by atoms with Gasteiger partial charge in [-0.25, -0.2) is 0 Å². The molecule has 0 unspecified atom stereocenters. The Morgan fingerprint density at radius 1 is 1.44 bits per heavy atom. The van der Waals surface area contributed by atoms with E-state index < -0.39 is 0 Å². The van der Waals surface area contributed by atoms with Crippen LogP contribution in [-0.2, 0) is 4.79 Å². The first kappa shape index (κ1) is 12.6. The van der Waals surface area contributed by atoms with E-state index in [0.717, 1.165) is 0 Å². The van der Waals surface area contributed by atoms with E-state index in [1.165, 1.54) is 0 Å². The lowest BCUT2D eigenvalue weighted by atomic mass is 10.2. The second-order valence-electron chi connectivity index (χ2n) is 2.98. The molecule has 0 spiro atoms. The fourth-order valence-corrected chi connectivity index (χ4v) is 1.28. The van der Waals surface area contributed by atoms with E-state index in [-0.39, 0.29) is 11.8 Å². The van der Waals surface area contributed by atoms with Gasteiger partial charge >= 0.3 is 0 Å². The van der Waals surface area contributed by atoms with E-state index in [1.54, 1.807) is 25.3 Å². The first-order valence-electron chi connectivity index (χ1n) is 4.88. The molecule has 0 aromatic heterocycles. The highest BCUT2D eigenvalue weighted by atomic mass is 35.5. The van der Waals surface area contributed by atoms with Crippen LogP contribution in [0.15, 0.2) is 18.2 Å². The number of carbonyl (C=O) groups is 1. The van der Waals surface area contributed by atoms with Gasteiger partial charge in [0, 0.05) is 11.8 Å². The molecule has 0 bridgehead atoms. The van der Waals surface area contributed by atoms with Gasteiger partial charge in [-0.3, -0.25) is 4.79 Å². The third-order valence-electron chi connectivity index (χ3n) is 1.87. The van der Waals surface area contributed by atoms with Gasteiger partial charge in [0.15, 0.2) is 11.5 Å². The summed E-state index contributed by atoms with van der Waals surface area (Å²) in [7, 11) is 1.56. The number of methoxy groups -OCH3 is 1. The number of halogens is 1. The van der Waals surface area contributed by atoms with Crippen LogP contribution in [0.3, 0.4) is 0 Å². The molecule has 1 aromatic carbocycles. The molecule has 1 amide bonds. The van der Waals surface area contributed by atoms with Crippen LogP contribution in [-0.4, -0.2) is 25.5 Å². The van der Waals surface area contributed by atoms with Gasteiger partial charge in [-0.1, -0.05) is 0 Å². The Labute approximate surface area is 99.5 Å². The number of hydrogen-bond donors (Lipinski definition) is 1. The van der Waals surface area contributed by atoms with Gasteiger partial charge in [-0.15, -0.1) is 11.6 Å². The van der Waals surface area contributed by atoms with Crippen LogP contribution in [0.4, 0.5) is 5.69 Å². The Balaban J connectivity index is 2.88. The Morgan fingerprint density at radius 3 is 2.75 bits per heavy atom. The molecule has 0 aliphatic rings. The lowest BCUT2D eigenvalue weighted by Gasteiger charge is -2.11. The van der Waals surface area contributed by atoms with Crippen molar-refractivity contribution in [1.82, 2.24) is 0 Å². The number of alkyl halides is 1. The minimum absolute atomic E-state index is 0.0734. The molecular weight excluding hydrogens is 230 g/mol. The Kier molecular flexibility index (Phi) is 4.92. The van der Waals surface area contributed by atoms with Crippen molar-refractivity contribution in [3.05, 3.63) is 18.2 Å². The molecule has 0 atom stereocenters. The van der Waals surface area contributed by atoms with Gasteiger partial charge in [-0.05, 0) is 19.1 Å². The molecule has 0 fully saturated rings. The summed E-state index contributed by atoms with van der Waals surface area (Å²) in [6.07, 6.45) is 0. The monoisotopic (exact) mass is 243 g/mol. The number of benzene rings is 1. The lowest BCUT2D eigenvalue weighted by molar-refractivity contribution is -0.113. The number of ether oxygens (including phenoxy) is 2. The molecule has 4 nitrogen and oxygen atoms in total. The average Bonchev–Trinajstić information content (AvgIpc) is 2.30. The van der Waals surface area contributed by atoms with E-state index in [1.807, 2.05) is 6.92 Å². The Hall–Kier alpha value is -1.42. The van der Waals surface area contributed by atoms with Gasteiger partial charge in [0.1, 0.15) is 5.88 Å². The van der Waals surface area contributed by atoms with Crippen molar-refractivity contribution >= 4 is 23.2 Å². The highest BCUT2D eigenvalue weighted by Gasteiger charge is 2.06. The van der Waals surface area contributed by atoms with Crippen molar-refractivity contribution in [1.29, 1.82) is 0 Å². The van der Waals surface area contributed by atoms with E-state index in [0.29, 0.717) is 23.8 Å². The summed E-state index contributed by atoms with van der Waals surface area (Å²) in [5, 5.41) is 2.64. The van der Waals surface area contributed by atoms with E-state index in [4.69, 9.17) is 21.1 Å². The maximum Gasteiger partial charge on any atom is 0.239 e. The maximum atomic E-state index is 11.1. The topological polar surface area (TPSA) is 47.6 Å². The standard InChI is InChI=1S/C11H14ClNO3/c1-3-16-10-6-8(13-11(14)7-12)4-5-9(10)15-2/h4-6H,3,7H2,1-2H3,(H,13,14). The van der Waals surface area contributed by atoms with Crippen LogP contribution >= 0.6 is 11.6 Å². The average molecular weight is 244 g/mol. The van der Waals surface area contributed by atoms with Gasteiger partial charge in [0.05, 0.1) is 13.7 Å². The zero-order valence-corrected chi connectivity index (χ0v) is 10.0. The van der Waals surface area contributed by atoms with Crippen molar-refractivity contribution in [3.8, 4) is 11.5 Å². The highest BCUT2D eigenvalue weighted by molar-refractivity contribution is 6.29. The Bertz CT molecular complexity index is 368. The molecule has 16 heavy (non-hydrogen) atoms. The van der Waals surface area contributed by atoms with Gasteiger partial charge in [0.25, 0.3) is 0 Å².